The van der Waals surface area contributed by atoms with E-state index in [-0.39, 0.29) is 29.8 Å². The Morgan fingerprint density at radius 2 is 2.00 bits per heavy atom. The number of ether oxygens (including phenoxy) is 3. The van der Waals surface area contributed by atoms with E-state index >= 15 is 0 Å². The number of aryl methyl sites for hydroxylation is 1. The van der Waals surface area contributed by atoms with Gasteiger partial charge >= 0.3 is 5.97 Å². The summed E-state index contributed by atoms with van der Waals surface area (Å²) in [4.78, 5) is 24.7. The van der Waals surface area contributed by atoms with Gasteiger partial charge in [-0.05, 0) is 38.5 Å². The van der Waals surface area contributed by atoms with Crippen LogP contribution in [-0.2, 0) is 11.3 Å². The van der Waals surface area contributed by atoms with Gasteiger partial charge in [-0.15, -0.1) is 0 Å². The van der Waals surface area contributed by atoms with Crippen LogP contribution in [0.15, 0.2) is 18.2 Å². The first-order valence-electron chi connectivity index (χ1n) is 8.38. The molecule has 1 aromatic carbocycles. The number of ketones is 1. The van der Waals surface area contributed by atoms with Crippen LogP contribution in [0.4, 0.5) is 0 Å². The monoisotopic (exact) mass is 377 g/mol. The number of Topliss-reactive ketones (excluding diaryl/α,β-unsaturated/α-hetero) is 1. The van der Waals surface area contributed by atoms with Gasteiger partial charge in [0.25, 0.3) is 0 Å². The third-order valence-electron chi connectivity index (χ3n) is 4.32. The van der Waals surface area contributed by atoms with Crippen LogP contribution in [-0.4, -0.2) is 29.7 Å². The molecule has 7 heteroatoms. The van der Waals surface area contributed by atoms with Gasteiger partial charge in [0, 0.05) is 23.5 Å². The molecule has 0 saturated carbocycles. The van der Waals surface area contributed by atoms with E-state index in [1.807, 2.05) is 19.9 Å². The van der Waals surface area contributed by atoms with Gasteiger partial charge in [0.2, 0.25) is 12.6 Å². The smallest absolute Gasteiger partial charge is 0.338 e. The summed E-state index contributed by atoms with van der Waals surface area (Å²) in [5.41, 5.74) is 2.69. The van der Waals surface area contributed by atoms with Crippen molar-refractivity contribution < 1.29 is 23.8 Å². The largest absolute Gasteiger partial charge is 0.454 e. The summed E-state index contributed by atoms with van der Waals surface area (Å²) in [6, 6.07) is 4.77. The first-order valence-corrected chi connectivity index (χ1v) is 8.76. The average molecular weight is 378 g/mol. The summed E-state index contributed by atoms with van der Waals surface area (Å²) >= 11 is 6.07. The summed E-state index contributed by atoms with van der Waals surface area (Å²) in [7, 11) is 0. The number of nitrogens with zero attached hydrogens (tertiary/aromatic N) is 1. The Bertz CT molecular complexity index is 871. The Balaban J connectivity index is 1.69. The predicted octanol–water partition coefficient (Wildman–Crippen LogP) is 3.94. The van der Waals surface area contributed by atoms with Gasteiger partial charge in [0.1, 0.15) is 0 Å². The van der Waals surface area contributed by atoms with Crippen LogP contribution in [0.2, 0.25) is 5.02 Å². The highest BCUT2D eigenvalue weighted by molar-refractivity contribution is 6.32. The van der Waals surface area contributed by atoms with Gasteiger partial charge in [-0.25, -0.2) is 4.79 Å². The number of aromatic nitrogens is 1. The first kappa shape index (κ1) is 18.3. The zero-order chi connectivity index (χ0) is 18.8. The molecule has 0 fully saturated rings. The zero-order valence-corrected chi connectivity index (χ0v) is 15.7. The van der Waals surface area contributed by atoms with Crippen molar-refractivity contribution >= 4 is 23.4 Å². The molecular weight excluding hydrogens is 358 g/mol. The van der Waals surface area contributed by atoms with Crippen molar-refractivity contribution in [2.75, 3.05) is 13.4 Å². The standard InChI is InChI=1S/C19H20ClNO5/c1-4-5-21-11(2)6-14(12(21)3)16(22)9-24-19(23)13-7-15(20)18-17(8-13)25-10-26-18/h6-8H,4-5,9-10H2,1-3H3. The normalized spacial score (nSPS) is 12.3. The van der Waals surface area contributed by atoms with Crippen molar-refractivity contribution in [3.8, 4) is 11.5 Å². The molecule has 1 aliphatic heterocycles. The second-order valence-corrected chi connectivity index (χ2v) is 6.53. The molecule has 3 rings (SSSR count). The number of hydrogen-bond donors (Lipinski definition) is 0. The molecule has 0 radical (unpaired) electrons. The van der Waals surface area contributed by atoms with Crippen molar-refractivity contribution in [1.82, 2.24) is 4.57 Å². The lowest BCUT2D eigenvalue weighted by Crippen LogP contribution is -2.15. The van der Waals surface area contributed by atoms with Crippen LogP contribution in [0.1, 0.15) is 45.4 Å². The van der Waals surface area contributed by atoms with Crippen LogP contribution >= 0.6 is 11.6 Å². The maximum absolute atomic E-state index is 12.5. The van der Waals surface area contributed by atoms with Crippen molar-refractivity contribution in [1.29, 1.82) is 0 Å². The second kappa shape index (κ2) is 7.41. The fraction of sp³-hybridized carbons (Fsp3) is 0.368. The molecule has 6 nitrogen and oxygen atoms in total. The number of benzene rings is 1. The molecular formula is C19H20ClNO5. The van der Waals surface area contributed by atoms with E-state index in [4.69, 9.17) is 25.8 Å². The van der Waals surface area contributed by atoms with Crippen molar-refractivity contribution in [2.24, 2.45) is 0 Å². The van der Waals surface area contributed by atoms with Gasteiger partial charge in [0.05, 0.1) is 10.6 Å². The van der Waals surface area contributed by atoms with E-state index in [0.717, 1.165) is 24.4 Å². The molecule has 0 spiro atoms. The number of fused-ring (bicyclic) bond motifs is 1. The van der Waals surface area contributed by atoms with Crippen molar-refractivity contribution in [3.63, 3.8) is 0 Å². The third-order valence-corrected chi connectivity index (χ3v) is 4.60. The molecule has 1 aromatic heterocycles. The van der Waals surface area contributed by atoms with Gasteiger partial charge in [0.15, 0.2) is 18.1 Å². The van der Waals surface area contributed by atoms with E-state index in [2.05, 4.69) is 11.5 Å². The molecule has 1 aliphatic rings. The molecule has 0 unspecified atom stereocenters. The molecule has 2 heterocycles. The lowest BCUT2D eigenvalue weighted by Gasteiger charge is -2.08. The molecule has 0 saturated heterocycles. The molecule has 0 aliphatic carbocycles. The van der Waals surface area contributed by atoms with Gasteiger partial charge < -0.3 is 18.8 Å². The average Bonchev–Trinajstić information content (AvgIpc) is 3.19. The molecule has 0 N–H and O–H groups in total. The summed E-state index contributed by atoms with van der Waals surface area (Å²) in [6.45, 7) is 6.51. The highest BCUT2D eigenvalue weighted by Crippen LogP contribution is 2.39. The highest BCUT2D eigenvalue weighted by Gasteiger charge is 2.22. The Morgan fingerprint density at radius 1 is 1.23 bits per heavy atom. The Kier molecular flexibility index (Phi) is 5.23. The topological polar surface area (TPSA) is 66.8 Å². The number of hydrogen-bond acceptors (Lipinski definition) is 5. The van der Waals surface area contributed by atoms with E-state index < -0.39 is 5.97 Å². The van der Waals surface area contributed by atoms with Crippen LogP contribution in [0.3, 0.4) is 0 Å². The van der Waals surface area contributed by atoms with Crippen molar-refractivity contribution in [2.45, 2.75) is 33.7 Å². The van der Waals surface area contributed by atoms with Gasteiger partial charge in [-0.3, -0.25) is 4.79 Å². The van der Waals surface area contributed by atoms with Gasteiger partial charge in [-0.2, -0.15) is 0 Å². The summed E-state index contributed by atoms with van der Waals surface area (Å²) in [6.07, 6.45) is 0.976. The molecule has 138 valence electrons. The quantitative estimate of drug-likeness (QED) is 0.563. The molecule has 0 amide bonds. The molecule has 2 aromatic rings. The Morgan fingerprint density at radius 3 is 2.73 bits per heavy atom. The van der Waals surface area contributed by atoms with E-state index in [1.165, 1.54) is 12.1 Å². The predicted molar refractivity (Wildman–Crippen MR) is 96.4 cm³/mol. The van der Waals surface area contributed by atoms with E-state index in [9.17, 15) is 9.59 Å². The Labute approximate surface area is 156 Å². The highest BCUT2D eigenvalue weighted by atomic mass is 35.5. The molecule has 0 atom stereocenters. The lowest BCUT2D eigenvalue weighted by atomic mass is 10.1. The first-order chi connectivity index (χ1) is 12.4. The third kappa shape index (κ3) is 3.42. The summed E-state index contributed by atoms with van der Waals surface area (Å²) < 4.78 is 17.7. The number of carbonyl (C=O) groups excluding carboxylic acids is 2. The summed E-state index contributed by atoms with van der Waals surface area (Å²) in [5.74, 6) is -0.0805. The van der Waals surface area contributed by atoms with Crippen molar-refractivity contribution in [3.05, 3.63) is 45.7 Å². The maximum Gasteiger partial charge on any atom is 0.338 e. The van der Waals surface area contributed by atoms with Crippen LogP contribution in [0.5, 0.6) is 11.5 Å². The molecule has 26 heavy (non-hydrogen) atoms. The van der Waals surface area contributed by atoms with Crippen LogP contribution < -0.4 is 9.47 Å². The van der Waals surface area contributed by atoms with E-state index in [1.54, 1.807) is 0 Å². The van der Waals surface area contributed by atoms with Crippen LogP contribution in [0, 0.1) is 13.8 Å². The molecule has 0 bridgehead atoms. The fourth-order valence-corrected chi connectivity index (χ4v) is 3.29. The lowest BCUT2D eigenvalue weighted by molar-refractivity contribution is 0.0474. The number of halogens is 1. The minimum absolute atomic E-state index is 0.0550. The van der Waals surface area contributed by atoms with Crippen LogP contribution in [0.25, 0.3) is 0 Å². The minimum Gasteiger partial charge on any atom is -0.454 e. The fourth-order valence-electron chi connectivity index (χ4n) is 3.03. The Hall–Kier alpha value is -2.47. The zero-order valence-electron chi connectivity index (χ0n) is 14.9. The SMILES string of the molecule is CCCn1c(C)cc(C(=O)COC(=O)c2cc(Cl)c3c(c2)OCO3)c1C. The number of carbonyl (C=O) groups is 2. The van der Waals surface area contributed by atoms with E-state index in [0.29, 0.717) is 17.1 Å². The summed E-state index contributed by atoms with van der Waals surface area (Å²) in [5, 5.41) is 0.265. The number of rotatable bonds is 6. The second-order valence-electron chi connectivity index (χ2n) is 6.13. The number of esters is 1. The minimum atomic E-state index is -0.638. The maximum atomic E-state index is 12.5. The van der Waals surface area contributed by atoms with Gasteiger partial charge in [-0.1, -0.05) is 18.5 Å².